The number of alkyl halides is 3. The molecule has 1 aromatic heterocycles. The Kier molecular flexibility index (Phi) is 6.88. The summed E-state index contributed by atoms with van der Waals surface area (Å²) in [5, 5.41) is 13.0. The molecule has 0 unspecified atom stereocenters. The van der Waals surface area contributed by atoms with Crippen LogP contribution in [-0.4, -0.2) is 20.9 Å². The average molecular weight is 499 g/mol. The second-order valence-electron chi connectivity index (χ2n) is 8.30. The molecule has 0 bridgehead atoms. The second-order valence-corrected chi connectivity index (χ2v) is 8.74. The molecular formula is C23H23Cl2F3N4O. The Hall–Kier alpha value is -2.29. The van der Waals surface area contributed by atoms with Gasteiger partial charge in [-0.2, -0.15) is 13.2 Å². The summed E-state index contributed by atoms with van der Waals surface area (Å²) in [5.74, 6) is 2.25. The number of ether oxygens (including phenoxy) is 1. The van der Waals surface area contributed by atoms with Crippen LogP contribution in [0.1, 0.15) is 54.4 Å². The van der Waals surface area contributed by atoms with Gasteiger partial charge in [0.05, 0.1) is 23.9 Å². The van der Waals surface area contributed by atoms with E-state index in [2.05, 4.69) is 20.1 Å². The molecule has 1 saturated carbocycles. The summed E-state index contributed by atoms with van der Waals surface area (Å²) in [7, 11) is 0. The zero-order chi connectivity index (χ0) is 22.3. The van der Waals surface area contributed by atoms with Gasteiger partial charge < -0.3 is 10.1 Å². The SMILES string of the molecule is Cl.FC(F)(F)c1cccc(OC2CCC(c3nnc4n3-c3ccc(Cl)cc3CNC4)CC2)c1. The third kappa shape index (κ3) is 4.98. The molecule has 176 valence electrons. The minimum Gasteiger partial charge on any atom is -0.490 e. The summed E-state index contributed by atoms with van der Waals surface area (Å²) in [6, 6.07) is 10.9. The molecule has 5 nitrogen and oxygen atoms in total. The van der Waals surface area contributed by atoms with Crippen molar-refractivity contribution in [1.29, 1.82) is 0 Å². The number of nitrogens with zero attached hydrogens (tertiary/aromatic N) is 3. The van der Waals surface area contributed by atoms with Crippen LogP contribution in [0.3, 0.4) is 0 Å². The maximum Gasteiger partial charge on any atom is 0.416 e. The van der Waals surface area contributed by atoms with E-state index >= 15 is 0 Å². The highest BCUT2D eigenvalue weighted by Gasteiger charge is 2.32. The van der Waals surface area contributed by atoms with Crippen molar-refractivity contribution in [1.82, 2.24) is 20.1 Å². The van der Waals surface area contributed by atoms with Gasteiger partial charge >= 0.3 is 6.18 Å². The van der Waals surface area contributed by atoms with Gasteiger partial charge in [0.2, 0.25) is 0 Å². The lowest BCUT2D eigenvalue weighted by Gasteiger charge is -2.29. The smallest absolute Gasteiger partial charge is 0.416 e. The zero-order valence-electron chi connectivity index (χ0n) is 17.6. The molecule has 0 spiro atoms. The highest BCUT2D eigenvalue weighted by molar-refractivity contribution is 6.30. The molecule has 0 radical (unpaired) electrons. The van der Waals surface area contributed by atoms with Crippen molar-refractivity contribution in [3.8, 4) is 11.4 Å². The highest BCUT2D eigenvalue weighted by Crippen LogP contribution is 2.37. The van der Waals surface area contributed by atoms with Crippen molar-refractivity contribution in [3.05, 3.63) is 70.3 Å². The molecular weight excluding hydrogens is 476 g/mol. The predicted octanol–water partition coefficient (Wildman–Crippen LogP) is 6.07. The lowest BCUT2D eigenvalue weighted by Crippen LogP contribution is -2.25. The first-order valence-electron chi connectivity index (χ1n) is 10.7. The van der Waals surface area contributed by atoms with Crippen LogP contribution in [0.15, 0.2) is 42.5 Å². The van der Waals surface area contributed by atoms with Crippen LogP contribution < -0.4 is 10.1 Å². The van der Waals surface area contributed by atoms with Crippen LogP contribution in [0.2, 0.25) is 5.02 Å². The molecule has 0 atom stereocenters. The maximum atomic E-state index is 13.0. The fraction of sp³-hybridized carbons (Fsp3) is 0.391. The fourth-order valence-electron chi connectivity index (χ4n) is 4.57. The number of hydrogen-bond donors (Lipinski definition) is 1. The number of nitrogens with one attached hydrogen (secondary N) is 1. The number of aromatic nitrogens is 3. The first-order valence-corrected chi connectivity index (χ1v) is 11.0. The van der Waals surface area contributed by atoms with Gasteiger partial charge in [-0.15, -0.1) is 22.6 Å². The van der Waals surface area contributed by atoms with Crippen LogP contribution in [0, 0.1) is 0 Å². The third-order valence-electron chi connectivity index (χ3n) is 6.14. The average Bonchev–Trinajstić information content (AvgIpc) is 3.09. The summed E-state index contributed by atoms with van der Waals surface area (Å²) in [6.07, 6.45) is -1.34. The number of rotatable bonds is 3. The number of hydrogen-bond acceptors (Lipinski definition) is 4. The van der Waals surface area contributed by atoms with Gasteiger partial charge in [0.15, 0.2) is 5.82 Å². The number of halogens is 5. The summed E-state index contributed by atoms with van der Waals surface area (Å²) >= 11 is 6.19. The minimum atomic E-state index is -4.38. The van der Waals surface area contributed by atoms with E-state index in [9.17, 15) is 13.2 Å². The summed E-state index contributed by atoms with van der Waals surface area (Å²) in [6.45, 7) is 1.32. The molecule has 5 rings (SSSR count). The minimum absolute atomic E-state index is 0. The molecule has 1 aliphatic heterocycles. The quantitative estimate of drug-likeness (QED) is 0.476. The third-order valence-corrected chi connectivity index (χ3v) is 6.37. The highest BCUT2D eigenvalue weighted by atomic mass is 35.5. The molecule has 0 amide bonds. The van der Waals surface area contributed by atoms with Crippen LogP contribution in [0.25, 0.3) is 5.69 Å². The normalized spacial score (nSPS) is 20.2. The van der Waals surface area contributed by atoms with Crippen LogP contribution in [0.4, 0.5) is 13.2 Å². The Morgan fingerprint density at radius 1 is 1.00 bits per heavy atom. The second kappa shape index (κ2) is 9.52. The first-order chi connectivity index (χ1) is 15.4. The van der Waals surface area contributed by atoms with Gasteiger partial charge in [-0.25, -0.2) is 0 Å². The molecule has 10 heteroatoms. The van der Waals surface area contributed by atoms with Crippen molar-refractivity contribution >= 4 is 24.0 Å². The zero-order valence-corrected chi connectivity index (χ0v) is 19.2. The molecule has 3 aromatic rings. The lowest BCUT2D eigenvalue weighted by molar-refractivity contribution is -0.137. The Balaban J connectivity index is 0.00000259. The fourth-order valence-corrected chi connectivity index (χ4v) is 4.77. The van der Waals surface area contributed by atoms with Gasteiger partial charge in [-0.1, -0.05) is 17.7 Å². The van der Waals surface area contributed by atoms with Crippen molar-refractivity contribution < 1.29 is 17.9 Å². The van der Waals surface area contributed by atoms with E-state index in [0.717, 1.165) is 60.7 Å². The van der Waals surface area contributed by atoms with E-state index in [4.69, 9.17) is 16.3 Å². The summed E-state index contributed by atoms with van der Waals surface area (Å²) < 4.78 is 46.9. The maximum absolute atomic E-state index is 13.0. The Bertz CT molecular complexity index is 1130. The molecule has 1 N–H and O–H groups in total. The topological polar surface area (TPSA) is 52.0 Å². The van der Waals surface area contributed by atoms with E-state index in [1.165, 1.54) is 6.07 Å². The molecule has 1 aliphatic carbocycles. The van der Waals surface area contributed by atoms with Gasteiger partial charge in [0, 0.05) is 17.5 Å². The van der Waals surface area contributed by atoms with Gasteiger partial charge in [0.1, 0.15) is 11.6 Å². The van der Waals surface area contributed by atoms with Gasteiger partial charge in [0.25, 0.3) is 0 Å². The van der Waals surface area contributed by atoms with E-state index < -0.39 is 11.7 Å². The van der Waals surface area contributed by atoms with Crippen LogP contribution in [-0.2, 0) is 19.3 Å². The van der Waals surface area contributed by atoms with Crippen LogP contribution >= 0.6 is 24.0 Å². The molecule has 2 aromatic carbocycles. The van der Waals surface area contributed by atoms with E-state index in [0.29, 0.717) is 18.1 Å². The number of fused-ring (bicyclic) bond motifs is 3. The van der Waals surface area contributed by atoms with E-state index in [-0.39, 0.29) is 30.2 Å². The van der Waals surface area contributed by atoms with Crippen molar-refractivity contribution in [2.45, 2.75) is 57.0 Å². The van der Waals surface area contributed by atoms with Crippen LogP contribution in [0.5, 0.6) is 5.75 Å². The Morgan fingerprint density at radius 3 is 2.55 bits per heavy atom. The lowest BCUT2D eigenvalue weighted by atomic mass is 9.86. The Morgan fingerprint density at radius 2 is 1.79 bits per heavy atom. The largest absolute Gasteiger partial charge is 0.490 e. The van der Waals surface area contributed by atoms with E-state index in [1.807, 2.05) is 18.2 Å². The molecule has 1 fully saturated rings. The standard InChI is InChI=1S/C23H22ClF3N4O.ClH/c24-17-6-9-20-15(10-17)12-28-13-21-29-30-22(31(20)21)14-4-7-18(8-5-14)32-19-3-1-2-16(11-19)23(25,26)27;/h1-3,6,9-11,14,18,28H,4-5,7-8,12-13H2;1H. The predicted molar refractivity (Wildman–Crippen MR) is 121 cm³/mol. The molecule has 0 saturated heterocycles. The Labute approximate surface area is 200 Å². The van der Waals surface area contributed by atoms with Crippen molar-refractivity contribution in [3.63, 3.8) is 0 Å². The van der Waals surface area contributed by atoms with Gasteiger partial charge in [-0.05, 0) is 67.6 Å². The van der Waals surface area contributed by atoms with Crippen molar-refractivity contribution in [2.24, 2.45) is 0 Å². The van der Waals surface area contributed by atoms with Gasteiger partial charge in [-0.3, -0.25) is 4.57 Å². The molecule has 2 heterocycles. The van der Waals surface area contributed by atoms with E-state index in [1.54, 1.807) is 6.07 Å². The first kappa shape index (κ1) is 23.9. The summed E-state index contributed by atoms with van der Waals surface area (Å²) in [5.41, 5.74) is 1.44. The monoisotopic (exact) mass is 498 g/mol. The molecule has 2 aliphatic rings. The van der Waals surface area contributed by atoms with Crippen molar-refractivity contribution in [2.75, 3.05) is 0 Å². The number of benzene rings is 2. The molecule has 33 heavy (non-hydrogen) atoms. The summed E-state index contributed by atoms with van der Waals surface area (Å²) in [4.78, 5) is 0.